The van der Waals surface area contributed by atoms with Crippen LogP contribution in [0.4, 0.5) is 0 Å². The minimum Gasteiger partial charge on any atom is -0.480 e. The van der Waals surface area contributed by atoms with E-state index in [0.717, 1.165) is 25.7 Å². The average molecular weight is 227 g/mol. The lowest BCUT2D eigenvalue weighted by Crippen LogP contribution is -2.43. The highest BCUT2D eigenvalue weighted by Gasteiger charge is 2.32. The van der Waals surface area contributed by atoms with Gasteiger partial charge in [-0.2, -0.15) is 0 Å². The molecule has 1 rings (SSSR count). The van der Waals surface area contributed by atoms with Gasteiger partial charge in [0, 0.05) is 5.92 Å². The van der Waals surface area contributed by atoms with E-state index in [4.69, 9.17) is 5.11 Å². The second-order valence-corrected chi connectivity index (χ2v) is 5.53. The number of carbonyl (C=O) groups is 2. The summed E-state index contributed by atoms with van der Waals surface area (Å²) in [5, 5.41) is 11.3. The van der Waals surface area contributed by atoms with Crippen LogP contribution >= 0.6 is 0 Å². The molecule has 0 aromatic carbocycles. The van der Waals surface area contributed by atoms with Crippen LogP contribution in [0.3, 0.4) is 0 Å². The molecule has 4 heteroatoms. The first-order chi connectivity index (χ1) is 7.32. The van der Waals surface area contributed by atoms with Crippen LogP contribution in [0.25, 0.3) is 0 Å². The highest BCUT2D eigenvalue weighted by Crippen LogP contribution is 2.38. The van der Waals surface area contributed by atoms with Crippen LogP contribution in [0.15, 0.2) is 0 Å². The van der Waals surface area contributed by atoms with Gasteiger partial charge in [-0.25, -0.2) is 0 Å². The maximum Gasteiger partial charge on any atom is 0.325 e. The van der Waals surface area contributed by atoms with E-state index >= 15 is 0 Å². The van der Waals surface area contributed by atoms with E-state index in [1.807, 2.05) is 0 Å². The van der Waals surface area contributed by atoms with Crippen LogP contribution in [0.2, 0.25) is 0 Å². The molecule has 0 radical (unpaired) electrons. The first-order valence-electron chi connectivity index (χ1n) is 5.85. The lowest BCUT2D eigenvalue weighted by Gasteiger charge is -2.34. The van der Waals surface area contributed by atoms with Gasteiger partial charge in [-0.3, -0.25) is 9.59 Å². The highest BCUT2D eigenvalue weighted by molar-refractivity contribution is 5.84. The normalized spacial score (nSPS) is 25.8. The summed E-state index contributed by atoms with van der Waals surface area (Å²) in [6, 6.07) is -0.794. The van der Waals surface area contributed by atoms with Gasteiger partial charge in [-0.15, -0.1) is 0 Å². The maximum absolute atomic E-state index is 11.8. The Hall–Kier alpha value is -1.06. The third-order valence-electron chi connectivity index (χ3n) is 3.31. The lowest BCUT2D eigenvalue weighted by atomic mass is 9.72. The van der Waals surface area contributed by atoms with Crippen LogP contribution in [0.1, 0.15) is 46.5 Å². The molecule has 2 N–H and O–H groups in total. The number of rotatable bonds is 3. The Morgan fingerprint density at radius 3 is 2.56 bits per heavy atom. The van der Waals surface area contributed by atoms with Gasteiger partial charge >= 0.3 is 5.97 Å². The van der Waals surface area contributed by atoms with Crippen molar-refractivity contribution in [2.24, 2.45) is 11.3 Å². The first-order valence-corrected chi connectivity index (χ1v) is 5.85. The van der Waals surface area contributed by atoms with Gasteiger partial charge in [0.2, 0.25) is 5.91 Å². The van der Waals surface area contributed by atoms with E-state index in [2.05, 4.69) is 19.2 Å². The summed E-state index contributed by atoms with van der Waals surface area (Å²) < 4.78 is 0. The average Bonchev–Trinajstić information content (AvgIpc) is 2.15. The molecule has 2 atom stereocenters. The summed E-state index contributed by atoms with van der Waals surface area (Å²) in [6.07, 6.45) is 3.92. The molecule has 16 heavy (non-hydrogen) atoms. The molecular weight excluding hydrogens is 206 g/mol. The van der Waals surface area contributed by atoms with Gasteiger partial charge in [0.05, 0.1) is 0 Å². The fraction of sp³-hybridized carbons (Fsp3) is 0.833. The van der Waals surface area contributed by atoms with E-state index in [1.165, 1.54) is 6.92 Å². The van der Waals surface area contributed by atoms with Crippen molar-refractivity contribution in [3.63, 3.8) is 0 Å². The van der Waals surface area contributed by atoms with Crippen LogP contribution in [-0.4, -0.2) is 23.0 Å². The minimum absolute atomic E-state index is 0.0226. The Morgan fingerprint density at radius 2 is 2.06 bits per heavy atom. The van der Waals surface area contributed by atoms with E-state index in [1.54, 1.807) is 0 Å². The monoisotopic (exact) mass is 227 g/mol. The van der Waals surface area contributed by atoms with Gasteiger partial charge in [0.15, 0.2) is 0 Å². The van der Waals surface area contributed by atoms with Crippen molar-refractivity contribution in [2.45, 2.75) is 52.5 Å². The zero-order chi connectivity index (χ0) is 12.3. The van der Waals surface area contributed by atoms with Crippen molar-refractivity contribution in [3.05, 3.63) is 0 Å². The Bertz CT molecular complexity index is 286. The number of carbonyl (C=O) groups excluding carboxylic acids is 1. The van der Waals surface area contributed by atoms with Crippen molar-refractivity contribution in [1.29, 1.82) is 0 Å². The lowest BCUT2D eigenvalue weighted by molar-refractivity contribution is -0.142. The van der Waals surface area contributed by atoms with Crippen molar-refractivity contribution >= 4 is 11.9 Å². The fourth-order valence-corrected chi connectivity index (χ4v) is 2.31. The van der Waals surface area contributed by atoms with Gasteiger partial charge < -0.3 is 10.4 Å². The molecule has 0 saturated heterocycles. The SMILES string of the molecule is CC(NC(=O)C1CCCC(C)(C)C1)C(=O)O. The summed E-state index contributed by atoms with van der Waals surface area (Å²) in [5.41, 5.74) is 0.201. The molecule has 0 heterocycles. The number of carboxylic acids is 1. The Labute approximate surface area is 96.4 Å². The third kappa shape index (κ3) is 3.51. The third-order valence-corrected chi connectivity index (χ3v) is 3.31. The fourth-order valence-electron chi connectivity index (χ4n) is 2.31. The molecule has 1 amide bonds. The molecule has 2 unspecified atom stereocenters. The van der Waals surface area contributed by atoms with E-state index in [9.17, 15) is 9.59 Å². The van der Waals surface area contributed by atoms with Crippen LogP contribution in [-0.2, 0) is 9.59 Å². The molecule has 1 aliphatic carbocycles. The molecule has 4 nitrogen and oxygen atoms in total. The standard InChI is InChI=1S/C12H21NO3/c1-8(11(15)16)13-10(14)9-5-4-6-12(2,3)7-9/h8-9H,4-7H2,1-3H3,(H,13,14)(H,15,16). The molecule has 1 aliphatic rings. The summed E-state index contributed by atoms with van der Waals surface area (Å²) in [4.78, 5) is 22.5. The van der Waals surface area contributed by atoms with Crippen molar-refractivity contribution in [3.8, 4) is 0 Å². The predicted molar refractivity (Wildman–Crippen MR) is 61.0 cm³/mol. The molecule has 0 spiro atoms. The molecule has 0 aromatic rings. The number of aliphatic carboxylic acids is 1. The topological polar surface area (TPSA) is 66.4 Å². The van der Waals surface area contributed by atoms with Crippen molar-refractivity contribution in [1.82, 2.24) is 5.32 Å². The Morgan fingerprint density at radius 1 is 1.44 bits per heavy atom. The predicted octanol–water partition coefficient (Wildman–Crippen LogP) is 1.79. The number of hydrogen-bond donors (Lipinski definition) is 2. The largest absolute Gasteiger partial charge is 0.480 e. The van der Waals surface area contributed by atoms with Gasteiger partial charge in [0.25, 0.3) is 0 Å². The molecule has 0 aromatic heterocycles. The zero-order valence-corrected chi connectivity index (χ0v) is 10.2. The van der Waals surface area contributed by atoms with Crippen LogP contribution in [0.5, 0.6) is 0 Å². The van der Waals surface area contributed by atoms with Crippen LogP contribution < -0.4 is 5.32 Å². The van der Waals surface area contributed by atoms with Crippen molar-refractivity contribution in [2.75, 3.05) is 0 Å². The highest BCUT2D eigenvalue weighted by atomic mass is 16.4. The summed E-state index contributed by atoms with van der Waals surface area (Å²) in [7, 11) is 0. The minimum atomic E-state index is -0.983. The molecule has 0 bridgehead atoms. The zero-order valence-electron chi connectivity index (χ0n) is 10.2. The van der Waals surface area contributed by atoms with E-state index in [0.29, 0.717) is 0 Å². The summed E-state index contributed by atoms with van der Waals surface area (Å²) >= 11 is 0. The number of amides is 1. The first kappa shape index (κ1) is 13.0. The molecule has 1 fully saturated rings. The smallest absolute Gasteiger partial charge is 0.325 e. The van der Waals surface area contributed by atoms with Crippen LogP contribution in [0, 0.1) is 11.3 Å². The second kappa shape index (κ2) is 4.85. The molecular formula is C12H21NO3. The van der Waals surface area contributed by atoms with Gasteiger partial charge in [-0.05, 0) is 31.6 Å². The maximum atomic E-state index is 11.8. The second-order valence-electron chi connectivity index (χ2n) is 5.53. The number of nitrogens with one attached hydrogen (secondary N) is 1. The van der Waals surface area contributed by atoms with E-state index in [-0.39, 0.29) is 17.2 Å². The Kier molecular flexibility index (Phi) is 3.94. The molecule has 0 aliphatic heterocycles. The number of carboxylic acid groups (broad SMARTS) is 1. The van der Waals surface area contributed by atoms with E-state index < -0.39 is 12.0 Å². The molecule has 1 saturated carbocycles. The summed E-state index contributed by atoms with van der Waals surface area (Å²) in [5.74, 6) is -1.11. The quantitative estimate of drug-likeness (QED) is 0.772. The van der Waals surface area contributed by atoms with Gasteiger partial charge in [-0.1, -0.05) is 20.3 Å². The summed E-state index contributed by atoms with van der Waals surface area (Å²) in [6.45, 7) is 5.81. The Balaban J connectivity index is 2.51. The van der Waals surface area contributed by atoms with Crippen molar-refractivity contribution < 1.29 is 14.7 Å². The van der Waals surface area contributed by atoms with Gasteiger partial charge in [0.1, 0.15) is 6.04 Å². The molecule has 92 valence electrons. The number of hydrogen-bond acceptors (Lipinski definition) is 2.